The highest BCUT2D eigenvalue weighted by Crippen LogP contribution is 2.31. The topological polar surface area (TPSA) is 181 Å². The van der Waals surface area contributed by atoms with Gasteiger partial charge in [-0.3, -0.25) is 14.4 Å². The Labute approximate surface area is 281 Å². The minimum Gasteiger partial charge on any atom is -0.461 e. The van der Waals surface area contributed by atoms with Crippen LogP contribution in [-0.4, -0.2) is 66.0 Å². The van der Waals surface area contributed by atoms with E-state index in [9.17, 15) is 24.3 Å². The summed E-state index contributed by atoms with van der Waals surface area (Å²) in [4.78, 5) is 48.9. The average Bonchev–Trinajstić information content (AvgIpc) is 3.03. The summed E-state index contributed by atoms with van der Waals surface area (Å²) in [7, 11) is 0. The van der Waals surface area contributed by atoms with Gasteiger partial charge in [-0.05, 0) is 68.1 Å². The highest BCUT2D eigenvalue weighted by Gasteiger charge is 2.31. The maximum absolute atomic E-state index is 13.5. The molecule has 0 radical (unpaired) electrons. The van der Waals surface area contributed by atoms with Crippen LogP contribution in [0, 0.1) is 11.3 Å². The number of carbonyl (C=O) groups excluding carboxylic acids is 4. The lowest BCUT2D eigenvalue weighted by molar-refractivity contribution is -0.142. The lowest BCUT2D eigenvalue weighted by atomic mass is 9.82. The molecule has 0 aliphatic carbocycles. The molecule has 12 nitrogen and oxygen atoms in total. The van der Waals surface area contributed by atoms with Gasteiger partial charge in [-0.2, -0.15) is 0 Å². The molecule has 268 valence electrons. The molecule has 4 unspecified atom stereocenters. The third-order valence-corrected chi connectivity index (χ3v) is 9.17. The van der Waals surface area contributed by atoms with Crippen LogP contribution in [-0.2, 0) is 30.5 Å². The molecule has 0 aromatic heterocycles. The van der Waals surface area contributed by atoms with E-state index in [2.05, 4.69) is 49.0 Å². The second-order valence-electron chi connectivity index (χ2n) is 13.3. The number of hydrogen-bond donors (Lipinski definition) is 6. The summed E-state index contributed by atoms with van der Waals surface area (Å²) >= 11 is 0. The largest absolute Gasteiger partial charge is 0.461 e. The van der Waals surface area contributed by atoms with Crippen LogP contribution in [0.15, 0.2) is 24.3 Å². The number of aliphatic hydroxyl groups excluding tert-OH is 1. The van der Waals surface area contributed by atoms with E-state index in [1.165, 1.54) is 6.92 Å². The molecule has 4 atom stereocenters. The Morgan fingerprint density at radius 1 is 0.957 bits per heavy atom. The van der Waals surface area contributed by atoms with Crippen molar-refractivity contribution in [2.75, 3.05) is 18.5 Å². The molecule has 47 heavy (non-hydrogen) atoms. The van der Waals surface area contributed by atoms with Gasteiger partial charge in [-0.1, -0.05) is 66.5 Å². The lowest BCUT2D eigenvalue weighted by Crippen LogP contribution is -2.55. The van der Waals surface area contributed by atoms with Gasteiger partial charge in [0.1, 0.15) is 18.9 Å². The van der Waals surface area contributed by atoms with Crippen LogP contribution in [0.4, 0.5) is 10.5 Å². The van der Waals surface area contributed by atoms with E-state index in [0.717, 1.165) is 31.2 Å². The number of rotatable bonds is 23. The molecule has 7 N–H and O–H groups in total. The minimum atomic E-state index is -1.19. The van der Waals surface area contributed by atoms with E-state index < -0.39 is 35.9 Å². The first-order valence-corrected chi connectivity index (χ1v) is 17.0. The van der Waals surface area contributed by atoms with E-state index in [1.54, 1.807) is 24.3 Å². The molecule has 0 spiro atoms. The standard InChI is InChI=1S/C35H61N5O7/c1-9-34(7,10-2)20-22-47-35(8,11-3)19-18-29(42)40-30(24(4)5)32(44)39-28(13-12-21-37-33(36)45)31(43)38-27-16-14-26(15-17-27)23-46-25(6)41/h14-17,24,28,30-31,38,43H,9-13,18-23H2,1-8H3,(H,39,44)(H,40,42)(H3,36,37,45). The Balaban J connectivity index is 2.89. The zero-order valence-corrected chi connectivity index (χ0v) is 29.9. The summed E-state index contributed by atoms with van der Waals surface area (Å²) in [5.74, 6) is -1.27. The number of benzene rings is 1. The van der Waals surface area contributed by atoms with Crippen LogP contribution < -0.4 is 27.0 Å². The second kappa shape index (κ2) is 20.8. The van der Waals surface area contributed by atoms with Crippen LogP contribution in [0.3, 0.4) is 0 Å². The number of esters is 1. The van der Waals surface area contributed by atoms with Crippen LogP contribution in [0.1, 0.15) is 112 Å². The highest BCUT2D eigenvalue weighted by molar-refractivity contribution is 5.88. The summed E-state index contributed by atoms with van der Waals surface area (Å²) in [6, 6.07) is 4.73. The van der Waals surface area contributed by atoms with E-state index in [4.69, 9.17) is 15.2 Å². The number of nitrogens with one attached hydrogen (secondary N) is 4. The summed E-state index contributed by atoms with van der Waals surface area (Å²) in [6.45, 7) is 16.8. The number of aliphatic hydroxyl groups is 1. The van der Waals surface area contributed by atoms with Crippen LogP contribution in [0.25, 0.3) is 0 Å². The third-order valence-electron chi connectivity index (χ3n) is 9.17. The number of nitrogens with two attached hydrogens (primary N) is 1. The molecule has 0 saturated carbocycles. The number of anilines is 1. The first-order chi connectivity index (χ1) is 22.1. The third kappa shape index (κ3) is 16.3. The number of ether oxygens (including phenoxy) is 2. The summed E-state index contributed by atoms with van der Waals surface area (Å²) in [5.41, 5.74) is 6.33. The van der Waals surface area contributed by atoms with Gasteiger partial charge < -0.3 is 41.6 Å². The number of amides is 4. The van der Waals surface area contributed by atoms with Crippen LogP contribution >= 0.6 is 0 Å². The summed E-state index contributed by atoms with van der Waals surface area (Å²) in [5, 5.41) is 22.4. The van der Waals surface area contributed by atoms with Gasteiger partial charge in [-0.15, -0.1) is 0 Å². The number of hydrogen-bond acceptors (Lipinski definition) is 8. The maximum atomic E-state index is 13.5. The van der Waals surface area contributed by atoms with Crippen molar-refractivity contribution in [2.45, 2.75) is 137 Å². The molecule has 0 aliphatic rings. The summed E-state index contributed by atoms with van der Waals surface area (Å²) in [6.07, 6.45) is 4.16. The minimum absolute atomic E-state index is 0.133. The maximum Gasteiger partial charge on any atom is 0.312 e. The van der Waals surface area contributed by atoms with E-state index in [-0.39, 0.29) is 42.8 Å². The molecule has 12 heteroatoms. The zero-order valence-electron chi connectivity index (χ0n) is 29.9. The molecule has 0 fully saturated rings. The molecule has 0 aliphatic heterocycles. The van der Waals surface area contributed by atoms with Crippen molar-refractivity contribution >= 4 is 29.5 Å². The number of carbonyl (C=O) groups is 4. The SMILES string of the molecule is CCC(C)(CC)CCOC(C)(CC)CCC(=O)NC(C(=O)NC(CCCNC(N)=O)C(O)Nc1ccc(COC(C)=O)cc1)C(C)C. The van der Waals surface area contributed by atoms with Gasteiger partial charge in [0.2, 0.25) is 11.8 Å². The molecular weight excluding hydrogens is 602 g/mol. The van der Waals surface area contributed by atoms with Gasteiger partial charge in [-0.25, -0.2) is 4.79 Å². The number of urea groups is 1. The average molecular weight is 664 g/mol. The van der Waals surface area contributed by atoms with Crippen LogP contribution in [0.5, 0.6) is 0 Å². The second-order valence-corrected chi connectivity index (χ2v) is 13.3. The van der Waals surface area contributed by atoms with Crippen molar-refractivity contribution in [1.29, 1.82) is 0 Å². The molecule has 1 aromatic carbocycles. The fourth-order valence-corrected chi connectivity index (χ4v) is 4.93. The predicted molar refractivity (Wildman–Crippen MR) is 184 cm³/mol. The Kier molecular flexibility index (Phi) is 18.4. The highest BCUT2D eigenvalue weighted by atomic mass is 16.5. The van der Waals surface area contributed by atoms with Crippen molar-refractivity contribution in [2.24, 2.45) is 17.1 Å². The monoisotopic (exact) mass is 663 g/mol. The normalized spacial score (nSPS) is 14.8. The fraction of sp³-hybridized carbons (Fsp3) is 0.714. The van der Waals surface area contributed by atoms with Crippen LogP contribution in [0.2, 0.25) is 0 Å². The quantitative estimate of drug-likeness (QED) is 0.0552. The van der Waals surface area contributed by atoms with Crippen molar-refractivity contribution in [3.63, 3.8) is 0 Å². The molecule has 1 rings (SSSR count). The molecule has 0 heterocycles. The lowest BCUT2D eigenvalue weighted by Gasteiger charge is -2.33. The van der Waals surface area contributed by atoms with Gasteiger partial charge in [0.25, 0.3) is 0 Å². The molecular formula is C35H61N5O7. The Morgan fingerprint density at radius 3 is 2.13 bits per heavy atom. The Morgan fingerprint density at radius 2 is 1.60 bits per heavy atom. The smallest absolute Gasteiger partial charge is 0.312 e. The van der Waals surface area contributed by atoms with Crippen molar-refractivity contribution in [3.05, 3.63) is 29.8 Å². The van der Waals surface area contributed by atoms with Gasteiger partial charge in [0.15, 0.2) is 0 Å². The van der Waals surface area contributed by atoms with Gasteiger partial charge >= 0.3 is 12.0 Å². The van der Waals surface area contributed by atoms with Gasteiger partial charge in [0.05, 0.1) is 11.6 Å². The van der Waals surface area contributed by atoms with E-state index >= 15 is 0 Å². The molecule has 0 bridgehead atoms. The first kappa shape index (κ1) is 41.6. The van der Waals surface area contributed by atoms with Crippen molar-refractivity contribution < 1.29 is 33.8 Å². The molecule has 4 amide bonds. The van der Waals surface area contributed by atoms with E-state index in [0.29, 0.717) is 31.6 Å². The van der Waals surface area contributed by atoms with Crippen molar-refractivity contribution in [3.8, 4) is 0 Å². The zero-order chi connectivity index (χ0) is 35.6. The molecule has 1 aromatic rings. The first-order valence-electron chi connectivity index (χ1n) is 17.0. The van der Waals surface area contributed by atoms with Crippen molar-refractivity contribution in [1.82, 2.24) is 16.0 Å². The predicted octanol–water partition coefficient (Wildman–Crippen LogP) is 4.74. The molecule has 0 saturated heterocycles. The van der Waals surface area contributed by atoms with E-state index in [1.807, 2.05) is 20.8 Å². The number of primary amides is 1. The Hall–Kier alpha value is -3.38. The fourth-order valence-electron chi connectivity index (χ4n) is 4.93. The Bertz CT molecular complexity index is 1110. The summed E-state index contributed by atoms with van der Waals surface area (Å²) < 4.78 is 11.3. The van der Waals surface area contributed by atoms with Gasteiger partial charge in [0, 0.05) is 32.2 Å².